The second-order valence-corrected chi connectivity index (χ2v) is 11.4. The molecule has 0 saturated heterocycles. The number of benzene rings is 2. The summed E-state index contributed by atoms with van der Waals surface area (Å²) >= 11 is 6.11. The fraction of sp³-hybridized carbons (Fsp3) is 0.312. The highest BCUT2D eigenvalue weighted by atomic mass is 35.5. The first-order valence-corrected chi connectivity index (χ1v) is 14.7. The average molecular weight is 693 g/mol. The molecular formula is C32H32ClF3N4O8. The van der Waals surface area contributed by atoms with Crippen LogP contribution >= 0.6 is 11.6 Å². The number of carboxylic acids is 1. The largest absolute Gasteiger partial charge is 0.497 e. The van der Waals surface area contributed by atoms with Gasteiger partial charge in [-0.15, -0.1) is 0 Å². The molecule has 3 aromatic rings. The van der Waals surface area contributed by atoms with E-state index in [1.54, 1.807) is 18.2 Å². The van der Waals surface area contributed by atoms with Crippen LogP contribution in [0.15, 0.2) is 71.7 Å². The van der Waals surface area contributed by atoms with E-state index in [9.17, 15) is 41.9 Å². The molecule has 1 heterocycles. The highest BCUT2D eigenvalue weighted by molar-refractivity contribution is 6.30. The van der Waals surface area contributed by atoms with Crippen LogP contribution in [0.25, 0.3) is 0 Å². The third kappa shape index (κ3) is 10.2. The second kappa shape index (κ2) is 16.1. The Balaban J connectivity index is 2.00. The molecule has 0 aliphatic heterocycles. The molecule has 0 fully saturated rings. The Morgan fingerprint density at radius 3 is 2.17 bits per heavy atom. The van der Waals surface area contributed by atoms with Gasteiger partial charge in [0.1, 0.15) is 24.4 Å². The van der Waals surface area contributed by atoms with Crippen molar-refractivity contribution in [1.82, 2.24) is 20.5 Å². The number of ketones is 1. The maximum absolute atomic E-state index is 13.8. The van der Waals surface area contributed by atoms with Gasteiger partial charge in [-0.1, -0.05) is 49.7 Å². The predicted molar refractivity (Wildman–Crippen MR) is 166 cm³/mol. The standard InChI is InChI=1S/C32H32ClF3N4O8/c1-17(2)26(28(44)32(34,35)36)38-31(47)27(19-7-10-22(48-3)11-8-19)39-30(46)23(14-18-5-4-6-21(33)13-18)37-29(45)20-9-12-24(41)40(15-20)16-25(42)43/h4-13,15,17,23,26-27H,14,16H2,1-3H3,(H,37,45)(H,38,47)(H,39,46)(H,42,43)/t23?,26-,27-/m0/s1. The molecule has 1 aromatic heterocycles. The van der Waals surface area contributed by atoms with E-state index >= 15 is 0 Å². The predicted octanol–water partition coefficient (Wildman–Crippen LogP) is 3.07. The van der Waals surface area contributed by atoms with E-state index < -0.39 is 71.8 Å². The van der Waals surface area contributed by atoms with E-state index in [4.69, 9.17) is 21.4 Å². The third-order valence-electron chi connectivity index (χ3n) is 7.03. The lowest BCUT2D eigenvalue weighted by Crippen LogP contribution is -2.55. The molecule has 48 heavy (non-hydrogen) atoms. The number of hydrogen-bond donors (Lipinski definition) is 4. The Hall–Kier alpha value is -5.18. The van der Waals surface area contributed by atoms with Crippen LogP contribution in [0.1, 0.15) is 41.4 Å². The number of alkyl halides is 3. The van der Waals surface area contributed by atoms with E-state index in [-0.39, 0.29) is 17.5 Å². The van der Waals surface area contributed by atoms with Crippen LogP contribution in [0.5, 0.6) is 5.75 Å². The van der Waals surface area contributed by atoms with Gasteiger partial charge in [0.2, 0.25) is 11.8 Å². The first-order valence-electron chi connectivity index (χ1n) is 14.3. The highest BCUT2D eigenvalue weighted by Crippen LogP contribution is 2.23. The Labute approximate surface area is 277 Å². The van der Waals surface area contributed by atoms with E-state index in [1.165, 1.54) is 51.3 Å². The van der Waals surface area contributed by atoms with Crippen LogP contribution in [0.2, 0.25) is 5.02 Å². The zero-order valence-corrected chi connectivity index (χ0v) is 26.6. The summed E-state index contributed by atoms with van der Waals surface area (Å²) in [6.07, 6.45) is -4.44. The molecule has 0 aliphatic carbocycles. The van der Waals surface area contributed by atoms with Gasteiger partial charge in [0, 0.05) is 23.7 Å². The summed E-state index contributed by atoms with van der Waals surface area (Å²) in [5, 5.41) is 16.5. The summed E-state index contributed by atoms with van der Waals surface area (Å²) in [4.78, 5) is 76.1. The van der Waals surface area contributed by atoms with Crippen molar-refractivity contribution in [2.45, 2.75) is 51.1 Å². The van der Waals surface area contributed by atoms with Crippen LogP contribution < -0.4 is 26.2 Å². The molecule has 12 nitrogen and oxygen atoms in total. The van der Waals surface area contributed by atoms with Crippen molar-refractivity contribution >= 4 is 41.1 Å². The number of halogens is 4. The number of nitrogens with zero attached hydrogens (tertiary/aromatic N) is 1. The molecule has 1 unspecified atom stereocenters. The zero-order valence-electron chi connectivity index (χ0n) is 25.8. The minimum Gasteiger partial charge on any atom is -0.497 e. The zero-order chi connectivity index (χ0) is 35.8. The first-order chi connectivity index (χ1) is 22.5. The van der Waals surface area contributed by atoms with Crippen molar-refractivity contribution in [1.29, 1.82) is 0 Å². The van der Waals surface area contributed by atoms with Crippen molar-refractivity contribution in [3.8, 4) is 5.75 Å². The van der Waals surface area contributed by atoms with E-state index in [0.29, 0.717) is 16.3 Å². The number of aromatic nitrogens is 1. The van der Waals surface area contributed by atoms with Gasteiger partial charge in [-0.25, -0.2) is 0 Å². The lowest BCUT2D eigenvalue weighted by molar-refractivity contribution is -0.175. The molecule has 0 spiro atoms. The Morgan fingerprint density at radius 1 is 0.938 bits per heavy atom. The van der Waals surface area contributed by atoms with E-state index in [2.05, 4.69) is 16.0 Å². The van der Waals surface area contributed by atoms with Gasteiger partial charge < -0.3 is 30.4 Å². The number of rotatable bonds is 14. The van der Waals surface area contributed by atoms with Gasteiger partial charge in [0.25, 0.3) is 17.2 Å². The summed E-state index contributed by atoms with van der Waals surface area (Å²) in [5.74, 6) is -7.12. The number of pyridine rings is 1. The molecule has 2 aromatic carbocycles. The van der Waals surface area contributed by atoms with Gasteiger partial charge >= 0.3 is 12.1 Å². The second-order valence-electron chi connectivity index (χ2n) is 10.9. The minimum atomic E-state index is -5.25. The van der Waals surface area contributed by atoms with E-state index in [0.717, 1.165) is 22.9 Å². The van der Waals surface area contributed by atoms with Gasteiger partial charge in [-0.2, -0.15) is 13.2 Å². The number of carbonyl (C=O) groups is 5. The number of methoxy groups -OCH3 is 1. The monoisotopic (exact) mass is 692 g/mol. The Kier molecular flexibility index (Phi) is 12.5. The van der Waals surface area contributed by atoms with Gasteiger partial charge in [-0.3, -0.25) is 28.8 Å². The number of nitrogens with one attached hydrogen (secondary N) is 3. The summed E-state index contributed by atoms with van der Waals surface area (Å²) in [7, 11) is 1.38. The van der Waals surface area contributed by atoms with Crippen molar-refractivity contribution in [2.24, 2.45) is 5.92 Å². The molecule has 16 heteroatoms. The van der Waals surface area contributed by atoms with Crippen LogP contribution in [0.3, 0.4) is 0 Å². The summed E-state index contributed by atoms with van der Waals surface area (Å²) in [6.45, 7) is 1.89. The Bertz CT molecular complexity index is 1730. The molecule has 4 N–H and O–H groups in total. The van der Waals surface area contributed by atoms with Gasteiger partial charge in [-0.05, 0) is 47.4 Å². The van der Waals surface area contributed by atoms with Crippen LogP contribution in [0.4, 0.5) is 13.2 Å². The van der Waals surface area contributed by atoms with Crippen molar-refractivity contribution < 1.29 is 47.0 Å². The third-order valence-corrected chi connectivity index (χ3v) is 7.26. The highest BCUT2D eigenvalue weighted by Gasteiger charge is 2.45. The topological polar surface area (TPSA) is 173 Å². The molecule has 256 valence electrons. The number of carboxylic acid groups (broad SMARTS) is 1. The number of Topliss-reactive ketones (excluding diaryl/α,β-unsaturated/α-hetero) is 1. The fourth-order valence-electron chi connectivity index (χ4n) is 4.57. The summed E-state index contributed by atoms with van der Waals surface area (Å²) < 4.78 is 46.0. The van der Waals surface area contributed by atoms with Gasteiger partial charge in [0.05, 0.1) is 18.7 Å². The molecule has 3 atom stereocenters. The van der Waals surface area contributed by atoms with Crippen molar-refractivity contribution in [3.63, 3.8) is 0 Å². The number of carbonyl (C=O) groups excluding carboxylic acids is 4. The quantitative estimate of drug-likeness (QED) is 0.200. The lowest BCUT2D eigenvalue weighted by atomic mass is 9.97. The number of aliphatic carboxylic acids is 1. The van der Waals surface area contributed by atoms with Crippen LogP contribution in [-0.2, 0) is 32.1 Å². The smallest absolute Gasteiger partial charge is 0.452 e. The molecule has 0 bridgehead atoms. The normalized spacial score (nSPS) is 13.2. The van der Waals surface area contributed by atoms with Crippen LogP contribution in [-0.4, -0.2) is 64.5 Å². The first kappa shape index (κ1) is 37.3. The van der Waals surface area contributed by atoms with Gasteiger partial charge in [0.15, 0.2) is 0 Å². The van der Waals surface area contributed by atoms with Crippen molar-refractivity contribution in [3.05, 3.63) is 98.9 Å². The maximum Gasteiger partial charge on any atom is 0.452 e. The SMILES string of the molecule is COc1ccc([C@H](NC(=O)C(Cc2cccc(Cl)c2)NC(=O)c2ccc(=O)n(CC(=O)O)c2)C(=O)N[C@H](C(=O)C(F)(F)F)C(C)C)cc1. The lowest BCUT2D eigenvalue weighted by Gasteiger charge is -2.27. The number of hydrogen-bond acceptors (Lipinski definition) is 7. The molecular weight excluding hydrogens is 661 g/mol. The number of ether oxygens (including phenoxy) is 1. The summed E-state index contributed by atoms with van der Waals surface area (Å²) in [6, 6.07) is 8.98. The average Bonchev–Trinajstić information content (AvgIpc) is 3.01. The minimum absolute atomic E-state index is 0.109. The fourth-order valence-corrected chi connectivity index (χ4v) is 4.79. The van der Waals surface area contributed by atoms with Crippen LogP contribution in [0, 0.1) is 5.92 Å². The molecule has 3 rings (SSSR count). The molecule has 0 saturated carbocycles. The molecule has 0 radical (unpaired) electrons. The number of amides is 3. The maximum atomic E-state index is 13.8. The van der Waals surface area contributed by atoms with Crippen molar-refractivity contribution in [2.75, 3.05) is 7.11 Å². The molecule has 0 aliphatic rings. The molecule has 3 amide bonds. The Morgan fingerprint density at radius 2 is 1.60 bits per heavy atom. The summed E-state index contributed by atoms with van der Waals surface area (Å²) in [5.41, 5.74) is -0.286. The van der Waals surface area contributed by atoms with E-state index in [1.807, 2.05) is 0 Å².